The van der Waals surface area contributed by atoms with Gasteiger partial charge in [-0.1, -0.05) is 17.7 Å². The summed E-state index contributed by atoms with van der Waals surface area (Å²) in [5.41, 5.74) is 1.19. The number of hydrogen-bond donors (Lipinski definition) is 1. The van der Waals surface area contributed by atoms with Crippen molar-refractivity contribution in [3.05, 3.63) is 57.7 Å². The molecule has 0 radical (unpaired) electrons. The molecule has 4 rings (SSSR count). The summed E-state index contributed by atoms with van der Waals surface area (Å²) in [6.45, 7) is 1.70. The van der Waals surface area contributed by atoms with E-state index in [0.29, 0.717) is 22.3 Å². The fraction of sp³-hybridized carbons (Fsp3) is 0.278. The van der Waals surface area contributed by atoms with E-state index in [1.165, 1.54) is 10.9 Å². The molecule has 2 heterocycles. The van der Waals surface area contributed by atoms with Crippen LogP contribution < -0.4 is 11.0 Å². The molecule has 0 aliphatic heterocycles. The molecule has 7 nitrogen and oxygen atoms in total. The van der Waals surface area contributed by atoms with E-state index in [2.05, 4.69) is 10.4 Å². The van der Waals surface area contributed by atoms with Crippen LogP contribution in [0.5, 0.6) is 0 Å². The van der Waals surface area contributed by atoms with E-state index >= 15 is 0 Å². The monoisotopic (exact) mass is 372 g/mol. The van der Waals surface area contributed by atoms with E-state index < -0.39 is 0 Å². The number of aromatic nitrogens is 3. The summed E-state index contributed by atoms with van der Waals surface area (Å²) >= 11 is 6.07. The molecule has 26 heavy (non-hydrogen) atoms. The minimum absolute atomic E-state index is 0.121. The summed E-state index contributed by atoms with van der Waals surface area (Å²) in [5.74, 6) is 0.616. The van der Waals surface area contributed by atoms with Gasteiger partial charge in [-0.15, -0.1) is 5.10 Å². The van der Waals surface area contributed by atoms with Crippen LogP contribution in [0.15, 0.2) is 45.8 Å². The Balaban J connectivity index is 1.58. The average molecular weight is 373 g/mol. The summed E-state index contributed by atoms with van der Waals surface area (Å²) in [6, 6.07) is 8.87. The Hall–Kier alpha value is -2.80. The fourth-order valence-electron chi connectivity index (χ4n) is 2.77. The van der Waals surface area contributed by atoms with Crippen LogP contribution in [0.3, 0.4) is 0 Å². The van der Waals surface area contributed by atoms with Crippen LogP contribution in [0, 0.1) is 6.92 Å². The molecule has 0 saturated heterocycles. The van der Waals surface area contributed by atoms with Crippen LogP contribution in [0.25, 0.3) is 11.6 Å². The first-order chi connectivity index (χ1) is 12.5. The Labute approximate surface area is 154 Å². The van der Waals surface area contributed by atoms with Crippen molar-refractivity contribution in [2.75, 3.05) is 5.32 Å². The topological polar surface area (TPSA) is 82.1 Å². The van der Waals surface area contributed by atoms with E-state index in [1.807, 2.05) is 13.0 Å². The summed E-state index contributed by atoms with van der Waals surface area (Å²) < 4.78 is 8.15. The zero-order valence-corrected chi connectivity index (χ0v) is 14.9. The number of nitrogens with zero attached hydrogens (tertiary/aromatic N) is 3. The van der Waals surface area contributed by atoms with Crippen LogP contribution in [-0.4, -0.2) is 20.3 Å². The normalized spacial score (nSPS) is 13.8. The highest BCUT2D eigenvalue weighted by atomic mass is 35.5. The van der Waals surface area contributed by atoms with Crippen molar-refractivity contribution in [1.29, 1.82) is 0 Å². The van der Waals surface area contributed by atoms with Crippen molar-refractivity contribution in [3.8, 4) is 11.6 Å². The maximum Gasteiger partial charge on any atom is 0.347 e. The van der Waals surface area contributed by atoms with Gasteiger partial charge in [0.1, 0.15) is 6.54 Å². The number of hydrogen-bond acceptors (Lipinski definition) is 4. The molecule has 0 atom stereocenters. The first-order valence-electron chi connectivity index (χ1n) is 8.32. The quantitative estimate of drug-likeness (QED) is 0.745. The zero-order valence-electron chi connectivity index (χ0n) is 14.1. The van der Waals surface area contributed by atoms with Crippen molar-refractivity contribution >= 4 is 23.2 Å². The van der Waals surface area contributed by atoms with E-state index in [0.717, 1.165) is 18.4 Å². The Morgan fingerprint density at radius 3 is 2.85 bits per heavy atom. The molecule has 0 bridgehead atoms. The van der Waals surface area contributed by atoms with E-state index in [9.17, 15) is 9.59 Å². The maximum absolute atomic E-state index is 12.7. The van der Waals surface area contributed by atoms with Crippen LogP contribution >= 0.6 is 11.6 Å². The molecule has 1 fully saturated rings. The van der Waals surface area contributed by atoms with Crippen molar-refractivity contribution in [2.24, 2.45) is 0 Å². The minimum Gasteiger partial charge on any atom is -0.461 e. The molecule has 8 heteroatoms. The lowest BCUT2D eigenvalue weighted by Gasteiger charge is -2.06. The van der Waals surface area contributed by atoms with Gasteiger partial charge in [0.2, 0.25) is 11.7 Å². The minimum atomic E-state index is -0.349. The van der Waals surface area contributed by atoms with Gasteiger partial charge in [0, 0.05) is 16.8 Å². The number of rotatable bonds is 5. The van der Waals surface area contributed by atoms with Gasteiger partial charge >= 0.3 is 5.69 Å². The Bertz CT molecular complexity index is 1020. The predicted molar refractivity (Wildman–Crippen MR) is 97.3 cm³/mol. The fourth-order valence-corrected chi connectivity index (χ4v) is 2.95. The highest BCUT2D eigenvalue weighted by molar-refractivity contribution is 6.31. The lowest BCUT2D eigenvalue weighted by atomic mass is 10.2. The summed E-state index contributed by atoms with van der Waals surface area (Å²) in [6.07, 6.45) is 3.38. The Morgan fingerprint density at radius 2 is 2.19 bits per heavy atom. The highest BCUT2D eigenvalue weighted by Gasteiger charge is 2.31. The lowest BCUT2D eigenvalue weighted by molar-refractivity contribution is -0.117. The largest absolute Gasteiger partial charge is 0.461 e. The average Bonchev–Trinajstić information content (AvgIpc) is 3.18. The molecule has 1 aliphatic rings. The van der Waals surface area contributed by atoms with E-state index in [-0.39, 0.29) is 24.2 Å². The van der Waals surface area contributed by atoms with Crippen LogP contribution in [0.4, 0.5) is 5.69 Å². The van der Waals surface area contributed by atoms with E-state index in [1.54, 1.807) is 28.8 Å². The lowest BCUT2D eigenvalue weighted by Crippen LogP contribution is -2.30. The third-order valence-electron chi connectivity index (χ3n) is 4.27. The number of furan rings is 1. The number of anilines is 1. The molecule has 1 aromatic carbocycles. The van der Waals surface area contributed by atoms with Crippen molar-refractivity contribution in [1.82, 2.24) is 14.3 Å². The Morgan fingerprint density at radius 1 is 1.38 bits per heavy atom. The molecule has 0 unspecified atom stereocenters. The standard InChI is InChI=1S/C18H17ClN4O3/c1-11-4-5-12(9-14(11)19)20-16(24)10-22-18(25)23(13-6-7-13)17(21-22)15-3-2-8-26-15/h2-5,8-9,13H,6-7,10H2,1H3,(H,20,24). The number of amides is 1. The summed E-state index contributed by atoms with van der Waals surface area (Å²) in [4.78, 5) is 25.0. The molecule has 134 valence electrons. The maximum atomic E-state index is 12.7. The van der Waals surface area contributed by atoms with Gasteiger partial charge in [-0.25, -0.2) is 9.48 Å². The summed E-state index contributed by atoms with van der Waals surface area (Å²) in [5, 5.41) is 7.62. The van der Waals surface area contributed by atoms with Gasteiger partial charge < -0.3 is 9.73 Å². The summed E-state index contributed by atoms with van der Waals surface area (Å²) in [7, 11) is 0. The SMILES string of the molecule is Cc1ccc(NC(=O)Cn2nc(-c3ccco3)n(C3CC3)c2=O)cc1Cl. The third-order valence-corrected chi connectivity index (χ3v) is 4.68. The molecule has 1 saturated carbocycles. The highest BCUT2D eigenvalue weighted by Crippen LogP contribution is 2.36. The van der Waals surface area contributed by atoms with Gasteiger partial charge in [0.15, 0.2) is 5.76 Å². The van der Waals surface area contributed by atoms with Crippen LogP contribution in [0.2, 0.25) is 5.02 Å². The smallest absolute Gasteiger partial charge is 0.347 e. The second kappa shape index (κ2) is 6.49. The Kier molecular flexibility index (Phi) is 4.16. The molecule has 1 N–H and O–H groups in total. The molecular weight excluding hydrogens is 356 g/mol. The van der Waals surface area contributed by atoms with Gasteiger partial charge in [-0.2, -0.15) is 0 Å². The molecule has 2 aromatic heterocycles. The zero-order chi connectivity index (χ0) is 18.3. The third kappa shape index (κ3) is 3.17. The van der Waals surface area contributed by atoms with Gasteiger partial charge in [0.05, 0.1) is 6.26 Å². The first-order valence-corrected chi connectivity index (χ1v) is 8.70. The van der Waals surface area contributed by atoms with Gasteiger partial charge in [-0.3, -0.25) is 9.36 Å². The van der Waals surface area contributed by atoms with Crippen LogP contribution in [0.1, 0.15) is 24.4 Å². The predicted octanol–water partition coefficient (Wildman–Crippen LogP) is 3.24. The molecular formula is C18H17ClN4O3. The van der Waals surface area contributed by atoms with E-state index in [4.69, 9.17) is 16.0 Å². The van der Waals surface area contributed by atoms with Gasteiger partial charge in [-0.05, 0) is 49.6 Å². The van der Waals surface area contributed by atoms with Gasteiger partial charge in [0.25, 0.3) is 0 Å². The second-order valence-corrected chi connectivity index (χ2v) is 6.76. The molecule has 3 aromatic rings. The number of nitrogens with one attached hydrogen (secondary N) is 1. The number of halogens is 1. The van der Waals surface area contributed by atoms with Crippen LogP contribution in [-0.2, 0) is 11.3 Å². The number of carbonyl (C=O) groups excluding carboxylic acids is 1. The second-order valence-electron chi connectivity index (χ2n) is 6.35. The number of aryl methyl sites for hydroxylation is 1. The van der Waals surface area contributed by atoms with Crippen molar-refractivity contribution in [3.63, 3.8) is 0 Å². The first kappa shape index (κ1) is 16.7. The number of benzene rings is 1. The number of carbonyl (C=O) groups is 1. The van der Waals surface area contributed by atoms with Crippen molar-refractivity contribution < 1.29 is 9.21 Å². The molecule has 1 amide bonds. The molecule has 1 aliphatic carbocycles. The molecule has 0 spiro atoms. The van der Waals surface area contributed by atoms with Crippen molar-refractivity contribution in [2.45, 2.75) is 32.4 Å².